The number of hydrogen-bond donors (Lipinski definition) is 1. The van der Waals surface area contributed by atoms with E-state index in [9.17, 15) is 0 Å². The summed E-state index contributed by atoms with van der Waals surface area (Å²) in [7, 11) is 2.18. The average Bonchev–Trinajstić information content (AvgIpc) is 2.33. The van der Waals surface area contributed by atoms with Gasteiger partial charge in [-0.05, 0) is 45.5 Å². The van der Waals surface area contributed by atoms with E-state index in [1.807, 2.05) is 19.2 Å². The number of pyridine rings is 1. The molecule has 1 aliphatic heterocycles. The number of anilines is 1. The van der Waals surface area contributed by atoms with E-state index in [1.54, 1.807) is 0 Å². The summed E-state index contributed by atoms with van der Waals surface area (Å²) in [5, 5.41) is 0. The SMILES string of the molecule is CC(N)c1ccnc(N2CCN(C)C(C)(C)C2)c1. The van der Waals surface area contributed by atoms with E-state index >= 15 is 0 Å². The Bertz CT molecular complexity index is 414. The molecule has 2 heterocycles. The maximum absolute atomic E-state index is 5.93. The third-order valence-corrected chi connectivity index (χ3v) is 3.94. The minimum atomic E-state index is 0.0622. The van der Waals surface area contributed by atoms with E-state index in [0.29, 0.717) is 0 Å². The fourth-order valence-electron chi connectivity index (χ4n) is 2.33. The van der Waals surface area contributed by atoms with E-state index in [2.05, 4.69) is 41.7 Å². The molecule has 100 valence electrons. The maximum atomic E-state index is 5.93. The van der Waals surface area contributed by atoms with Gasteiger partial charge in [-0.15, -0.1) is 0 Å². The van der Waals surface area contributed by atoms with Crippen molar-refractivity contribution >= 4 is 5.82 Å². The van der Waals surface area contributed by atoms with Gasteiger partial charge in [0.25, 0.3) is 0 Å². The van der Waals surface area contributed by atoms with Crippen LogP contribution < -0.4 is 10.6 Å². The minimum Gasteiger partial charge on any atom is -0.353 e. The molecule has 1 saturated heterocycles. The van der Waals surface area contributed by atoms with Crippen LogP contribution in [0, 0.1) is 0 Å². The van der Waals surface area contributed by atoms with E-state index in [1.165, 1.54) is 0 Å². The Morgan fingerprint density at radius 3 is 2.72 bits per heavy atom. The van der Waals surface area contributed by atoms with Crippen LogP contribution in [0.3, 0.4) is 0 Å². The first-order chi connectivity index (χ1) is 8.40. The molecule has 18 heavy (non-hydrogen) atoms. The predicted molar refractivity (Wildman–Crippen MR) is 75.8 cm³/mol. The number of hydrogen-bond acceptors (Lipinski definition) is 4. The van der Waals surface area contributed by atoms with Gasteiger partial charge in [0, 0.05) is 37.4 Å². The molecule has 1 aliphatic rings. The third kappa shape index (κ3) is 2.65. The summed E-state index contributed by atoms with van der Waals surface area (Å²) in [4.78, 5) is 9.24. The van der Waals surface area contributed by atoms with Crippen molar-refractivity contribution in [1.29, 1.82) is 0 Å². The first kappa shape index (κ1) is 13.3. The van der Waals surface area contributed by atoms with Gasteiger partial charge in [0.05, 0.1) is 0 Å². The van der Waals surface area contributed by atoms with Crippen LogP contribution in [0.15, 0.2) is 18.3 Å². The Hall–Kier alpha value is -1.13. The number of nitrogens with two attached hydrogens (primary N) is 1. The van der Waals surface area contributed by atoms with Crippen LogP contribution in [-0.4, -0.2) is 42.1 Å². The van der Waals surface area contributed by atoms with Gasteiger partial charge in [0.1, 0.15) is 5.82 Å². The van der Waals surface area contributed by atoms with E-state index in [4.69, 9.17) is 5.73 Å². The second-order valence-electron chi connectivity index (χ2n) is 5.89. The molecule has 2 N–H and O–H groups in total. The average molecular weight is 248 g/mol. The Morgan fingerprint density at radius 2 is 2.11 bits per heavy atom. The zero-order chi connectivity index (χ0) is 13.3. The number of piperazine rings is 1. The van der Waals surface area contributed by atoms with Gasteiger partial charge in [-0.1, -0.05) is 0 Å². The molecule has 1 unspecified atom stereocenters. The summed E-state index contributed by atoms with van der Waals surface area (Å²) in [6.45, 7) is 9.64. The lowest BCUT2D eigenvalue weighted by Crippen LogP contribution is -2.57. The largest absolute Gasteiger partial charge is 0.353 e. The first-order valence-electron chi connectivity index (χ1n) is 6.58. The highest BCUT2D eigenvalue weighted by molar-refractivity contribution is 5.43. The van der Waals surface area contributed by atoms with Crippen LogP contribution in [0.2, 0.25) is 0 Å². The van der Waals surface area contributed by atoms with Crippen LogP contribution in [0.1, 0.15) is 32.4 Å². The van der Waals surface area contributed by atoms with Gasteiger partial charge in [-0.3, -0.25) is 4.90 Å². The van der Waals surface area contributed by atoms with E-state index in [0.717, 1.165) is 31.0 Å². The fraction of sp³-hybridized carbons (Fsp3) is 0.643. The number of aromatic nitrogens is 1. The monoisotopic (exact) mass is 248 g/mol. The highest BCUT2D eigenvalue weighted by atomic mass is 15.3. The summed E-state index contributed by atoms with van der Waals surface area (Å²) in [5.74, 6) is 1.05. The molecule has 1 aromatic rings. The first-order valence-corrected chi connectivity index (χ1v) is 6.58. The molecule has 0 amide bonds. The predicted octanol–water partition coefficient (Wildman–Crippen LogP) is 1.63. The fourth-order valence-corrected chi connectivity index (χ4v) is 2.33. The van der Waals surface area contributed by atoms with Crippen molar-refractivity contribution in [2.45, 2.75) is 32.4 Å². The minimum absolute atomic E-state index is 0.0622. The van der Waals surface area contributed by atoms with Gasteiger partial charge in [0.15, 0.2) is 0 Å². The van der Waals surface area contributed by atoms with Gasteiger partial charge >= 0.3 is 0 Å². The summed E-state index contributed by atoms with van der Waals surface area (Å²) in [5.41, 5.74) is 7.27. The Labute approximate surface area is 110 Å². The normalized spacial score (nSPS) is 21.9. The zero-order valence-corrected chi connectivity index (χ0v) is 11.8. The lowest BCUT2D eigenvalue weighted by Gasteiger charge is -2.45. The van der Waals surface area contributed by atoms with Gasteiger partial charge in [0.2, 0.25) is 0 Å². The molecule has 0 aromatic carbocycles. The van der Waals surface area contributed by atoms with Gasteiger partial charge in [-0.2, -0.15) is 0 Å². The molecule has 0 spiro atoms. The van der Waals surface area contributed by atoms with Gasteiger partial charge in [-0.25, -0.2) is 4.98 Å². The molecule has 0 radical (unpaired) electrons. The lowest BCUT2D eigenvalue weighted by molar-refractivity contribution is 0.138. The number of likely N-dealkylation sites (N-methyl/N-ethyl adjacent to an activating group) is 1. The third-order valence-electron chi connectivity index (χ3n) is 3.94. The van der Waals surface area contributed by atoms with Crippen molar-refractivity contribution in [3.8, 4) is 0 Å². The van der Waals surface area contributed by atoms with Crippen molar-refractivity contribution in [2.75, 3.05) is 31.6 Å². The molecular weight excluding hydrogens is 224 g/mol. The molecule has 1 fully saturated rings. The lowest BCUT2D eigenvalue weighted by atomic mass is 9.99. The standard InChI is InChI=1S/C14H24N4/c1-11(15)12-5-6-16-13(9-12)18-8-7-17(4)14(2,3)10-18/h5-6,9,11H,7-8,10,15H2,1-4H3. The van der Waals surface area contributed by atoms with Crippen LogP contribution in [0.5, 0.6) is 0 Å². The van der Waals surface area contributed by atoms with Crippen molar-refractivity contribution < 1.29 is 0 Å². The molecular formula is C14H24N4. The molecule has 1 atom stereocenters. The van der Waals surface area contributed by atoms with E-state index in [-0.39, 0.29) is 11.6 Å². The van der Waals surface area contributed by atoms with Crippen molar-refractivity contribution in [3.05, 3.63) is 23.9 Å². The molecule has 0 saturated carbocycles. The highest BCUT2D eigenvalue weighted by Crippen LogP contribution is 2.24. The van der Waals surface area contributed by atoms with Crippen molar-refractivity contribution in [3.63, 3.8) is 0 Å². The van der Waals surface area contributed by atoms with Crippen molar-refractivity contribution in [2.24, 2.45) is 5.73 Å². The molecule has 0 bridgehead atoms. The molecule has 4 heteroatoms. The molecule has 2 rings (SSSR count). The summed E-state index contributed by atoms with van der Waals surface area (Å²) in [6.07, 6.45) is 1.86. The smallest absolute Gasteiger partial charge is 0.128 e. The van der Waals surface area contributed by atoms with Crippen molar-refractivity contribution in [1.82, 2.24) is 9.88 Å². The molecule has 4 nitrogen and oxygen atoms in total. The number of rotatable bonds is 2. The summed E-state index contributed by atoms with van der Waals surface area (Å²) < 4.78 is 0. The van der Waals surface area contributed by atoms with Crippen LogP contribution in [0.25, 0.3) is 0 Å². The number of nitrogens with zero attached hydrogens (tertiary/aromatic N) is 3. The van der Waals surface area contributed by atoms with E-state index < -0.39 is 0 Å². The summed E-state index contributed by atoms with van der Waals surface area (Å²) in [6, 6.07) is 4.17. The second-order valence-corrected chi connectivity index (χ2v) is 5.89. The van der Waals surface area contributed by atoms with Crippen LogP contribution >= 0.6 is 0 Å². The molecule has 1 aromatic heterocycles. The Kier molecular flexibility index (Phi) is 3.59. The van der Waals surface area contributed by atoms with Crippen LogP contribution in [-0.2, 0) is 0 Å². The van der Waals surface area contributed by atoms with Crippen LogP contribution in [0.4, 0.5) is 5.82 Å². The highest BCUT2D eigenvalue weighted by Gasteiger charge is 2.31. The van der Waals surface area contributed by atoms with Gasteiger partial charge < -0.3 is 10.6 Å². The second kappa shape index (κ2) is 4.86. The maximum Gasteiger partial charge on any atom is 0.128 e. The summed E-state index contributed by atoms with van der Waals surface area (Å²) >= 11 is 0. The topological polar surface area (TPSA) is 45.4 Å². The zero-order valence-electron chi connectivity index (χ0n) is 11.8. The Morgan fingerprint density at radius 1 is 1.39 bits per heavy atom. The quantitative estimate of drug-likeness (QED) is 0.864. The molecule has 0 aliphatic carbocycles. The Balaban J connectivity index is 2.19.